The zero-order valence-corrected chi connectivity index (χ0v) is 15.2. The van der Waals surface area contributed by atoms with Gasteiger partial charge in [-0.05, 0) is 50.0 Å². The Hall–Kier alpha value is -1.88. The number of anilines is 2. The van der Waals surface area contributed by atoms with Crippen molar-refractivity contribution in [3.63, 3.8) is 0 Å². The van der Waals surface area contributed by atoms with Crippen molar-refractivity contribution in [2.75, 3.05) is 30.3 Å². The van der Waals surface area contributed by atoms with Crippen molar-refractivity contribution in [1.29, 1.82) is 0 Å². The van der Waals surface area contributed by atoms with Gasteiger partial charge < -0.3 is 10.6 Å². The van der Waals surface area contributed by atoms with E-state index >= 15 is 0 Å². The number of benzene rings is 1. The van der Waals surface area contributed by atoms with Gasteiger partial charge in [0.25, 0.3) is 0 Å². The first-order valence-corrected chi connectivity index (χ1v) is 8.68. The lowest BCUT2D eigenvalue weighted by atomic mass is 9.95. The zero-order valence-electron chi connectivity index (χ0n) is 15.2. The molecule has 5 nitrogen and oxygen atoms in total. The van der Waals surface area contributed by atoms with Crippen LogP contribution in [-0.4, -0.2) is 36.3 Å². The van der Waals surface area contributed by atoms with Crippen LogP contribution in [0.25, 0.3) is 0 Å². The fourth-order valence-electron chi connectivity index (χ4n) is 2.62. The van der Waals surface area contributed by atoms with E-state index < -0.39 is 5.41 Å². The highest BCUT2D eigenvalue weighted by atomic mass is 16.2. The maximum Gasteiger partial charge on any atom is 0.238 e. The van der Waals surface area contributed by atoms with E-state index in [9.17, 15) is 9.59 Å². The van der Waals surface area contributed by atoms with Gasteiger partial charge in [-0.3, -0.25) is 14.5 Å². The maximum atomic E-state index is 12.2. The summed E-state index contributed by atoms with van der Waals surface area (Å²) in [6.07, 6.45) is 2.31. The molecule has 1 aromatic carbocycles. The average molecular weight is 331 g/mol. The number of hydrogen-bond acceptors (Lipinski definition) is 3. The van der Waals surface area contributed by atoms with E-state index in [1.165, 1.54) is 0 Å². The lowest BCUT2D eigenvalue weighted by molar-refractivity contribution is -0.123. The molecule has 2 rings (SSSR count). The molecule has 2 N–H and O–H groups in total. The molecule has 0 saturated carbocycles. The second-order valence-corrected chi connectivity index (χ2v) is 7.79. The van der Waals surface area contributed by atoms with Crippen LogP contribution in [0.1, 0.15) is 40.5 Å². The monoisotopic (exact) mass is 331 g/mol. The SMILES string of the molecule is CC1CCN(CC(=O)Nc2cccc(NC(=O)C(C)(C)C)c2)CC1. The Morgan fingerprint density at radius 2 is 1.71 bits per heavy atom. The number of hydrogen-bond donors (Lipinski definition) is 2. The Morgan fingerprint density at radius 1 is 1.12 bits per heavy atom. The molecule has 0 radical (unpaired) electrons. The van der Waals surface area contributed by atoms with Crippen LogP contribution in [0.3, 0.4) is 0 Å². The molecule has 132 valence electrons. The van der Waals surface area contributed by atoms with E-state index in [1.807, 2.05) is 39.0 Å². The molecule has 0 bridgehead atoms. The largest absolute Gasteiger partial charge is 0.326 e. The Morgan fingerprint density at radius 3 is 2.29 bits per heavy atom. The number of amides is 2. The van der Waals surface area contributed by atoms with Gasteiger partial charge in [0.2, 0.25) is 11.8 Å². The second kappa shape index (κ2) is 7.79. The fraction of sp³-hybridized carbons (Fsp3) is 0.579. The minimum absolute atomic E-state index is 0.0103. The number of rotatable bonds is 4. The summed E-state index contributed by atoms with van der Waals surface area (Å²) in [6.45, 7) is 10.3. The summed E-state index contributed by atoms with van der Waals surface area (Å²) in [5, 5.41) is 5.80. The quantitative estimate of drug-likeness (QED) is 0.889. The smallest absolute Gasteiger partial charge is 0.238 e. The van der Waals surface area contributed by atoms with Crippen molar-refractivity contribution in [2.45, 2.75) is 40.5 Å². The number of carbonyl (C=O) groups excluding carboxylic acids is 2. The molecule has 0 spiro atoms. The number of nitrogens with zero attached hydrogens (tertiary/aromatic N) is 1. The van der Waals surface area contributed by atoms with Crippen LogP contribution in [0.2, 0.25) is 0 Å². The van der Waals surface area contributed by atoms with Gasteiger partial charge in [0.05, 0.1) is 6.54 Å². The summed E-state index contributed by atoms with van der Waals surface area (Å²) in [5.74, 6) is 0.699. The van der Waals surface area contributed by atoms with Crippen molar-refractivity contribution in [3.05, 3.63) is 24.3 Å². The predicted molar refractivity (Wildman–Crippen MR) is 98.0 cm³/mol. The third-order valence-electron chi connectivity index (χ3n) is 4.33. The van der Waals surface area contributed by atoms with Gasteiger partial charge in [-0.2, -0.15) is 0 Å². The van der Waals surface area contributed by atoms with E-state index in [0.29, 0.717) is 17.9 Å². The van der Waals surface area contributed by atoms with Crippen LogP contribution in [0.15, 0.2) is 24.3 Å². The Labute approximate surface area is 144 Å². The van der Waals surface area contributed by atoms with Crippen LogP contribution >= 0.6 is 0 Å². The van der Waals surface area contributed by atoms with E-state index in [4.69, 9.17) is 0 Å². The van der Waals surface area contributed by atoms with E-state index in [-0.39, 0.29) is 11.8 Å². The maximum absolute atomic E-state index is 12.2. The third kappa shape index (κ3) is 5.64. The number of piperidine rings is 1. The summed E-state index contributed by atoms with van der Waals surface area (Å²) in [4.78, 5) is 26.5. The van der Waals surface area contributed by atoms with Gasteiger partial charge in [-0.1, -0.05) is 33.8 Å². The molecule has 0 aliphatic carbocycles. The van der Waals surface area contributed by atoms with Gasteiger partial charge in [0.15, 0.2) is 0 Å². The van der Waals surface area contributed by atoms with Crippen molar-refractivity contribution in [1.82, 2.24) is 4.90 Å². The highest BCUT2D eigenvalue weighted by molar-refractivity contribution is 5.96. The van der Waals surface area contributed by atoms with Gasteiger partial charge in [0.1, 0.15) is 0 Å². The molecule has 1 aliphatic rings. The molecule has 1 aromatic rings. The van der Waals surface area contributed by atoms with Gasteiger partial charge in [-0.15, -0.1) is 0 Å². The van der Waals surface area contributed by atoms with Crippen molar-refractivity contribution in [3.8, 4) is 0 Å². The fourth-order valence-corrected chi connectivity index (χ4v) is 2.62. The van der Waals surface area contributed by atoms with Crippen LogP contribution < -0.4 is 10.6 Å². The molecule has 5 heteroatoms. The summed E-state index contributed by atoms with van der Waals surface area (Å²) >= 11 is 0. The standard InChI is InChI=1S/C19H29N3O2/c1-14-8-10-22(11-9-14)13-17(23)20-15-6-5-7-16(12-15)21-18(24)19(2,3)4/h5-7,12,14H,8-11,13H2,1-4H3,(H,20,23)(H,21,24). The molecule has 0 aromatic heterocycles. The second-order valence-electron chi connectivity index (χ2n) is 7.79. The first kappa shape index (κ1) is 18.5. The number of likely N-dealkylation sites (tertiary alicyclic amines) is 1. The van der Waals surface area contributed by atoms with Crippen molar-refractivity contribution in [2.24, 2.45) is 11.3 Å². The van der Waals surface area contributed by atoms with Crippen molar-refractivity contribution >= 4 is 23.2 Å². The molecule has 0 unspecified atom stereocenters. The third-order valence-corrected chi connectivity index (χ3v) is 4.33. The minimum Gasteiger partial charge on any atom is -0.326 e. The van der Waals surface area contributed by atoms with Gasteiger partial charge in [-0.25, -0.2) is 0 Å². The molecule has 1 fully saturated rings. The average Bonchev–Trinajstić information content (AvgIpc) is 2.49. The molecule has 0 atom stereocenters. The Kier molecular flexibility index (Phi) is 5.99. The Bertz CT molecular complexity index is 585. The van der Waals surface area contributed by atoms with E-state index in [0.717, 1.165) is 31.8 Å². The van der Waals surface area contributed by atoms with Crippen LogP contribution in [0.4, 0.5) is 11.4 Å². The molecular weight excluding hydrogens is 302 g/mol. The zero-order chi connectivity index (χ0) is 17.7. The molecule has 2 amide bonds. The van der Waals surface area contributed by atoms with Gasteiger partial charge in [0, 0.05) is 16.8 Å². The molecule has 24 heavy (non-hydrogen) atoms. The molecule has 1 heterocycles. The highest BCUT2D eigenvalue weighted by Gasteiger charge is 2.21. The summed E-state index contributed by atoms with van der Waals surface area (Å²) in [6, 6.07) is 7.28. The van der Waals surface area contributed by atoms with Gasteiger partial charge >= 0.3 is 0 Å². The molecule has 1 saturated heterocycles. The Balaban J connectivity index is 1.89. The topological polar surface area (TPSA) is 61.4 Å². The predicted octanol–water partition coefficient (Wildman–Crippen LogP) is 3.34. The molecular formula is C19H29N3O2. The van der Waals surface area contributed by atoms with Crippen LogP contribution in [0, 0.1) is 11.3 Å². The minimum atomic E-state index is -0.454. The highest BCUT2D eigenvalue weighted by Crippen LogP contribution is 2.20. The number of carbonyl (C=O) groups is 2. The lowest BCUT2D eigenvalue weighted by Gasteiger charge is -2.29. The van der Waals surface area contributed by atoms with E-state index in [2.05, 4.69) is 22.5 Å². The first-order valence-electron chi connectivity index (χ1n) is 8.68. The summed E-state index contributed by atoms with van der Waals surface area (Å²) in [7, 11) is 0. The normalized spacial score (nSPS) is 16.7. The lowest BCUT2D eigenvalue weighted by Crippen LogP contribution is -2.38. The summed E-state index contributed by atoms with van der Waals surface area (Å²) < 4.78 is 0. The van der Waals surface area contributed by atoms with Crippen LogP contribution in [-0.2, 0) is 9.59 Å². The van der Waals surface area contributed by atoms with Crippen LogP contribution in [0.5, 0.6) is 0 Å². The van der Waals surface area contributed by atoms with E-state index in [1.54, 1.807) is 6.07 Å². The number of nitrogens with one attached hydrogen (secondary N) is 2. The summed E-state index contributed by atoms with van der Waals surface area (Å²) in [5.41, 5.74) is 0.946. The first-order chi connectivity index (χ1) is 11.2. The van der Waals surface area contributed by atoms with Crippen molar-refractivity contribution < 1.29 is 9.59 Å². The molecule has 1 aliphatic heterocycles.